The zero-order valence-corrected chi connectivity index (χ0v) is 14.5. The van der Waals surface area contributed by atoms with E-state index < -0.39 is 12.0 Å². The Bertz CT molecular complexity index is 634. The van der Waals surface area contributed by atoms with E-state index >= 15 is 0 Å². The fourth-order valence-corrected chi connectivity index (χ4v) is 2.37. The molecule has 6 heteroatoms. The Morgan fingerprint density at radius 1 is 1.20 bits per heavy atom. The number of phenolic OH excluding ortho intramolecular Hbond substituents is 1. The molecule has 0 radical (unpaired) electrons. The van der Waals surface area contributed by atoms with E-state index in [1.807, 2.05) is 0 Å². The summed E-state index contributed by atoms with van der Waals surface area (Å²) in [4.78, 5) is 22.6. The molecule has 1 aromatic carbocycles. The molecule has 1 amide bonds. The van der Waals surface area contributed by atoms with Crippen LogP contribution >= 0.6 is 0 Å². The van der Waals surface area contributed by atoms with Gasteiger partial charge in [-0.25, -0.2) is 0 Å². The van der Waals surface area contributed by atoms with Crippen LogP contribution in [0.25, 0.3) is 0 Å². The Hall–Kier alpha value is -2.60. The van der Waals surface area contributed by atoms with Crippen LogP contribution in [0.2, 0.25) is 0 Å². The lowest BCUT2D eigenvalue weighted by molar-refractivity contribution is -0.137. The highest BCUT2D eigenvalue weighted by atomic mass is 16.4. The van der Waals surface area contributed by atoms with Crippen LogP contribution in [0.1, 0.15) is 25.8 Å². The molecule has 0 heterocycles. The average Bonchev–Trinajstić information content (AvgIpc) is 2.53. The van der Waals surface area contributed by atoms with Crippen molar-refractivity contribution >= 4 is 11.9 Å². The van der Waals surface area contributed by atoms with Gasteiger partial charge < -0.3 is 20.6 Å². The molecule has 1 aromatic rings. The minimum atomic E-state index is -0.863. The maximum atomic E-state index is 12.0. The van der Waals surface area contributed by atoms with Gasteiger partial charge >= 0.3 is 5.97 Å². The second-order valence-electron chi connectivity index (χ2n) is 6.08. The van der Waals surface area contributed by atoms with Crippen molar-refractivity contribution in [2.45, 2.75) is 32.7 Å². The molecule has 0 aliphatic heterocycles. The third-order valence-corrected chi connectivity index (χ3v) is 3.53. The quantitative estimate of drug-likeness (QED) is 0.404. The van der Waals surface area contributed by atoms with E-state index in [1.54, 1.807) is 50.3 Å². The van der Waals surface area contributed by atoms with Crippen LogP contribution < -0.4 is 5.32 Å². The van der Waals surface area contributed by atoms with Gasteiger partial charge in [-0.15, -0.1) is 0 Å². The lowest BCUT2D eigenvalue weighted by atomic mass is 10.0. The number of hydrogen-bond acceptors (Lipinski definition) is 4. The smallest absolute Gasteiger partial charge is 0.303 e. The summed E-state index contributed by atoms with van der Waals surface area (Å²) >= 11 is 0. The number of aliphatic carboxylic acids is 1. The molecule has 0 saturated carbocycles. The Balaban J connectivity index is 2.56. The molecule has 4 N–H and O–H groups in total. The van der Waals surface area contributed by atoms with Crippen LogP contribution in [0.15, 0.2) is 48.1 Å². The SMILES string of the molecule is CC(/C=C/C(=O)N[C@H](CO)Cc1ccc(O)cc1)=C\[C@@H](C)CC(=O)O. The minimum absolute atomic E-state index is 0.0383. The van der Waals surface area contributed by atoms with Crippen molar-refractivity contribution < 1.29 is 24.9 Å². The van der Waals surface area contributed by atoms with Gasteiger partial charge in [0, 0.05) is 6.08 Å². The summed E-state index contributed by atoms with van der Waals surface area (Å²) in [7, 11) is 0. The van der Waals surface area contributed by atoms with Gasteiger partial charge in [0.2, 0.25) is 5.91 Å². The number of nitrogens with one attached hydrogen (secondary N) is 1. The number of aliphatic hydroxyl groups excluding tert-OH is 1. The van der Waals surface area contributed by atoms with Crippen molar-refractivity contribution in [3.63, 3.8) is 0 Å². The van der Waals surface area contributed by atoms with E-state index in [4.69, 9.17) is 5.11 Å². The highest BCUT2D eigenvalue weighted by Crippen LogP contribution is 2.11. The lowest BCUT2D eigenvalue weighted by Crippen LogP contribution is -2.38. The van der Waals surface area contributed by atoms with Gasteiger partial charge in [0.1, 0.15) is 5.75 Å². The number of benzene rings is 1. The molecule has 0 saturated heterocycles. The molecule has 0 spiro atoms. The van der Waals surface area contributed by atoms with Crippen LogP contribution in [-0.4, -0.2) is 39.8 Å². The second kappa shape index (κ2) is 10.3. The molecular formula is C19H25NO5. The van der Waals surface area contributed by atoms with E-state index in [-0.39, 0.29) is 30.6 Å². The topological polar surface area (TPSA) is 107 Å². The molecule has 0 aromatic heterocycles. The van der Waals surface area contributed by atoms with Crippen LogP contribution in [0.5, 0.6) is 5.75 Å². The van der Waals surface area contributed by atoms with E-state index in [0.29, 0.717) is 6.42 Å². The van der Waals surface area contributed by atoms with Gasteiger partial charge in [-0.05, 0) is 37.0 Å². The number of phenols is 1. The summed E-state index contributed by atoms with van der Waals surface area (Å²) in [6.07, 6.45) is 5.25. The number of allylic oxidation sites excluding steroid dienone is 3. The fourth-order valence-electron chi connectivity index (χ4n) is 2.37. The van der Waals surface area contributed by atoms with Crippen LogP contribution in [-0.2, 0) is 16.0 Å². The maximum absolute atomic E-state index is 12.0. The average molecular weight is 347 g/mol. The first-order chi connectivity index (χ1) is 11.8. The van der Waals surface area contributed by atoms with E-state index in [0.717, 1.165) is 11.1 Å². The molecule has 0 fully saturated rings. The van der Waals surface area contributed by atoms with Gasteiger partial charge in [-0.1, -0.05) is 36.8 Å². The number of carboxylic acid groups (broad SMARTS) is 1. The number of hydrogen-bond donors (Lipinski definition) is 4. The number of carbonyl (C=O) groups excluding carboxylic acids is 1. The Morgan fingerprint density at radius 3 is 2.40 bits per heavy atom. The predicted octanol–water partition coefficient (Wildman–Crippen LogP) is 2.03. The fraction of sp³-hybridized carbons (Fsp3) is 0.368. The number of aliphatic hydroxyl groups is 1. The first-order valence-corrected chi connectivity index (χ1v) is 8.07. The number of aromatic hydroxyl groups is 1. The molecule has 2 atom stereocenters. The number of rotatable bonds is 9. The summed E-state index contributed by atoms with van der Waals surface area (Å²) in [5.41, 5.74) is 1.68. The summed E-state index contributed by atoms with van der Waals surface area (Å²) in [5, 5.41) is 30.1. The van der Waals surface area contributed by atoms with Crippen LogP contribution in [0.4, 0.5) is 0 Å². The monoisotopic (exact) mass is 347 g/mol. The molecule has 0 aliphatic rings. The summed E-state index contributed by atoms with van der Waals surface area (Å²) in [6, 6.07) is 6.14. The molecule has 136 valence electrons. The molecule has 25 heavy (non-hydrogen) atoms. The molecule has 1 rings (SSSR count). The van der Waals surface area contributed by atoms with Crippen LogP contribution in [0.3, 0.4) is 0 Å². The third kappa shape index (κ3) is 8.72. The summed E-state index contributed by atoms with van der Waals surface area (Å²) < 4.78 is 0. The van der Waals surface area contributed by atoms with Gasteiger partial charge in [0.05, 0.1) is 19.1 Å². The zero-order valence-electron chi connectivity index (χ0n) is 14.5. The third-order valence-electron chi connectivity index (χ3n) is 3.53. The van der Waals surface area contributed by atoms with Gasteiger partial charge in [-0.2, -0.15) is 0 Å². The van der Waals surface area contributed by atoms with Crippen molar-refractivity contribution in [3.05, 3.63) is 53.6 Å². The van der Waals surface area contributed by atoms with Crippen molar-refractivity contribution in [2.24, 2.45) is 5.92 Å². The van der Waals surface area contributed by atoms with Crippen molar-refractivity contribution in [1.29, 1.82) is 0 Å². The lowest BCUT2D eigenvalue weighted by Gasteiger charge is -2.15. The minimum Gasteiger partial charge on any atom is -0.508 e. The summed E-state index contributed by atoms with van der Waals surface area (Å²) in [6.45, 7) is 3.39. The van der Waals surface area contributed by atoms with E-state index in [9.17, 15) is 19.8 Å². The molecule has 0 aliphatic carbocycles. The zero-order chi connectivity index (χ0) is 18.8. The van der Waals surface area contributed by atoms with Crippen molar-refractivity contribution in [1.82, 2.24) is 5.32 Å². The summed E-state index contributed by atoms with van der Waals surface area (Å²) in [5.74, 6) is -1.16. The highest BCUT2D eigenvalue weighted by Gasteiger charge is 2.10. The molecular weight excluding hydrogens is 322 g/mol. The molecule has 6 nitrogen and oxygen atoms in total. The predicted molar refractivity (Wildman–Crippen MR) is 95.1 cm³/mol. The number of carbonyl (C=O) groups is 2. The Kier molecular flexibility index (Phi) is 8.43. The van der Waals surface area contributed by atoms with E-state index in [2.05, 4.69) is 5.32 Å². The molecule has 0 bridgehead atoms. The Labute approximate surface area is 147 Å². The van der Waals surface area contributed by atoms with Crippen LogP contribution in [0, 0.1) is 5.92 Å². The second-order valence-corrected chi connectivity index (χ2v) is 6.08. The standard InChI is InChI=1S/C19H25NO5/c1-13(9-14(2)10-19(24)25)3-8-18(23)20-16(12-21)11-15-4-6-17(22)7-5-15/h3-9,14,16,21-22H,10-12H2,1-2H3,(H,20,23)(H,24,25)/b8-3+,13-9+/t14-,16+/m1/s1. The first kappa shape index (κ1) is 20.4. The maximum Gasteiger partial charge on any atom is 0.303 e. The number of amides is 1. The number of carboxylic acids is 1. The van der Waals surface area contributed by atoms with Gasteiger partial charge in [0.15, 0.2) is 0 Å². The van der Waals surface area contributed by atoms with Crippen molar-refractivity contribution in [2.75, 3.05) is 6.61 Å². The highest BCUT2D eigenvalue weighted by molar-refractivity contribution is 5.88. The molecule has 0 unspecified atom stereocenters. The Morgan fingerprint density at radius 2 is 1.84 bits per heavy atom. The first-order valence-electron chi connectivity index (χ1n) is 8.07. The van der Waals surface area contributed by atoms with Crippen molar-refractivity contribution in [3.8, 4) is 5.75 Å². The van der Waals surface area contributed by atoms with Gasteiger partial charge in [-0.3, -0.25) is 9.59 Å². The normalized spacial score (nSPS) is 14.3. The van der Waals surface area contributed by atoms with Gasteiger partial charge in [0.25, 0.3) is 0 Å². The van der Waals surface area contributed by atoms with E-state index in [1.165, 1.54) is 6.08 Å². The largest absolute Gasteiger partial charge is 0.508 e.